The molecule has 6 nitrogen and oxygen atoms in total. The molecule has 5 rings (SSSR count). The second-order valence-electron chi connectivity index (χ2n) is 11.1. The molecular weight excluding hydrogens is 593 g/mol. The van der Waals surface area contributed by atoms with Crippen LogP contribution in [0.5, 0.6) is 11.5 Å². The van der Waals surface area contributed by atoms with Crippen LogP contribution < -0.4 is 20.1 Å². The van der Waals surface area contributed by atoms with Crippen molar-refractivity contribution in [1.82, 2.24) is 10.6 Å². The fourth-order valence-electron chi connectivity index (χ4n) is 5.34. The van der Waals surface area contributed by atoms with Crippen molar-refractivity contribution in [1.29, 1.82) is 0 Å². The normalized spacial score (nSPS) is 14.7. The number of fused-ring (bicyclic) bond motifs is 1. The summed E-state index contributed by atoms with van der Waals surface area (Å²) >= 11 is 0. The van der Waals surface area contributed by atoms with E-state index in [0.717, 1.165) is 54.0 Å². The lowest BCUT2D eigenvalue weighted by Gasteiger charge is -2.28. The number of halogens is 3. The Morgan fingerprint density at radius 2 is 1.54 bits per heavy atom. The van der Waals surface area contributed by atoms with Crippen molar-refractivity contribution in [3.8, 4) is 11.5 Å². The molecule has 2 atom stereocenters. The molecule has 1 amide bonds. The van der Waals surface area contributed by atoms with Crippen molar-refractivity contribution < 1.29 is 32.2 Å². The maximum atomic E-state index is 12.7. The lowest BCUT2D eigenvalue weighted by molar-refractivity contribution is -0.137. The number of rotatable bonds is 10. The number of nitrogens with one attached hydrogen (secondary N) is 2. The fraction of sp³-hybridized carbons (Fsp3) is 0.324. The number of carbonyl (C=O) groups is 1. The third-order valence-corrected chi connectivity index (χ3v) is 7.93. The van der Waals surface area contributed by atoms with E-state index in [1.807, 2.05) is 73.7 Å². The van der Waals surface area contributed by atoms with Crippen LogP contribution >= 0.6 is 0 Å². The van der Waals surface area contributed by atoms with Crippen molar-refractivity contribution in [2.24, 2.45) is 0 Å². The number of alkyl halides is 3. The summed E-state index contributed by atoms with van der Waals surface area (Å²) in [4.78, 5) is 12.0. The Hall–Kier alpha value is -4.34. The van der Waals surface area contributed by atoms with Crippen LogP contribution in [0.2, 0.25) is 0 Å². The van der Waals surface area contributed by atoms with Crippen LogP contribution in [-0.4, -0.2) is 33.7 Å². The molecule has 4 aromatic rings. The van der Waals surface area contributed by atoms with Crippen LogP contribution in [0.15, 0.2) is 91.0 Å². The number of ether oxygens (including phenoxy) is 3. The summed E-state index contributed by atoms with van der Waals surface area (Å²) in [5.41, 5.74) is 5.80. The van der Waals surface area contributed by atoms with Gasteiger partial charge in [0, 0.05) is 13.1 Å². The zero-order valence-corrected chi connectivity index (χ0v) is 26.6. The summed E-state index contributed by atoms with van der Waals surface area (Å²) in [5.74, 6) is 1.27. The molecule has 0 bridgehead atoms. The molecule has 1 aliphatic rings. The molecule has 0 saturated heterocycles. The molecule has 46 heavy (non-hydrogen) atoms. The number of amides is 1. The maximum Gasteiger partial charge on any atom is 0.416 e. The van der Waals surface area contributed by atoms with Crippen LogP contribution in [0.1, 0.15) is 57.5 Å². The molecule has 0 saturated carbocycles. The topological polar surface area (TPSA) is 68.8 Å². The van der Waals surface area contributed by atoms with E-state index in [1.54, 1.807) is 33.4 Å². The van der Waals surface area contributed by atoms with Gasteiger partial charge in [-0.3, -0.25) is 4.79 Å². The minimum Gasteiger partial charge on any atom is -0.493 e. The third-order valence-electron chi connectivity index (χ3n) is 7.93. The van der Waals surface area contributed by atoms with Crippen LogP contribution in [0.3, 0.4) is 0 Å². The van der Waals surface area contributed by atoms with Gasteiger partial charge in [0.25, 0.3) is 5.91 Å². The molecule has 0 radical (unpaired) electrons. The molecule has 244 valence electrons. The van der Waals surface area contributed by atoms with Crippen molar-refractivity contribution >= 4 is 5.91 Å². The first-order valence-corrected chi connectivity index (χ1v) is 15.2. The van der Waals surface area contributed by atoms with E-state index < -0.39 is 17.8 Å². The van der Waals surface area contributed by atoms with E-state index in [-0.39, 0.29) is 11.9 Å². The van der Waals surface area contributed by atoms with Crippen LogP contribution in [-0.2, 0) is 35.2 Å². The zero-order chi connectivity index (χ0) is 33.1. The summed E-state index contributed by atoms with van der Waals surface area (Å²) in [6, 6.07) is 27.2. The highest BCUT2D eigenvalue weighted by atomic mass is 19.4. The Bertz CT molecular complexity index is 1540. The highest BCUT2D eigenvalue weighted by molar-refractivity contribution is 5.81. The van der Waals surface area contributed by atoms with E-state index in [0.29, 0.717) is 18.8 Å². The quantitative estimate of drug-likeness (QED) is 0.189. The summed E-state index contributed by atoms with van der Waals surface area (Å²) in [5, 5.41) is 6.14. The summed E-state index contributed by atoms with van der Waals surface area (Å²) in [6.07, 6.45) is -2.47. The summed E-state index contributed by atoms with van der Waals surface area (Å²) < 4.78 is 54.6. The van der Waals surface area contributed by atoms with Crippen LogP contribution in [0.4, 0.5) is 13.2 Å². The van der Waals surface area contributed by atoms with Crippen molar-refractivity contribution in [2.45, 2.75) is 51.1 Å². The minimum absolute atomic E-state index is 0.136. The number of hydrogen-bond acceptors (Lipinski definition) is 5. The third kappa shape index (κ3) is 9.34. The van der Waals surface area contributed by atoms with Gasteiger partial charge in [-0.15, -0.1) is 0 Å². The fourth-order valence-corrected chi connectivity index (χ4v) is 5.34. The standard InChI is InChI=1S/C20H22F3NO2.C17H19NO2/c1-25-18-11-14-9-10-24-17(16(14)12-19(18)26-2)8-5-13-3-6-15(7-4-13)20(21,22)23;1-13-8-10-14(11-9-13)12-20-16(17(19)18-2)15-6-4-3-5-7-15/h3-4,6-7,11-12,17,24H,5,8-10H2,1-2H3;3-11,16H,12H2,1-2H3,(H,18,19)/t17-;16-/m00/s1. The Morgan fingerprint density at radius 1 is 0.913 bits per heavy atom. The van der Waals surface area contributed by atoms with Gasteiger partial charge in [0.05, 0.1) is 26.4 Å². The predicted molar refractivity (Wildman–Crippen MR) is 173 cm³/mol. The number of carbonyl (C=O) groups excluding carboxylic acids is 1. The summed E-state index contributed by atoms with van der Waals surface area (Å²) in [7, 11) is 4.85. The average Bonchev–Trinajstić information content (AvgIpc) is 3.08. The molecule has 1 aliphatic heterocycles. The molecule has 0 aliphatic carbocycles. The molecule has 0 unspecified atom stereocenters. The van der Waals surface area contributed by atoms with E-state index in [4.69, 9.17) is 14.2 Å². The first kappa shape index (κ1) is 34.5. The SMILES string of the molecule is CNC(=O)[C@@H](OCc1ccc(C)cc1)c1ccccc1.COc1cc2c(cc1OC)[C@H](CCc1ccc(C(F)(F)F)cc1)NCC2. The van der Waals surface area contributed by atoms with Gasteiger partial charge in [-0.1, -0.05) is 72.3 Å². The van der Waals surface area contributed by atoms with Crippen molar-refractivity contribution in [2.75, 3.05) is 27.8 Å². The monoisotopic (exact) mass is 634 g/mol. The average molecular weight is 635 g/mol. The zero-order valence-electron chi connectivity index (χ0n) is 26.6. The Kier molecular flexibility index (Phi) is 12.2. The van der Waals surface area contributed by atoms with Gasteiger partial charge in [0.1, 0.15) is 0 Å². The number of methoxy groups -OCH3 is 2. The van der Waals surface area contributed by atoms with E-state index >= 15 is 0 Å². The first-order chi connectivity index (χ1) is 22.1. The lowest BCUT2D eigenvalue weighted by Crippen LogP contribution is -2.30. The molecule has 1 heterocycles. The van der Waals surface area contributed by atoms with Gasteiger partial charge in [-0.2, -0.15) is 13.2 Å². The second-order valence-corrected chi connectivity index (χ2v) is 11.1. The molecular formula is C37H41F3N2O4. The van der Waals surface area contributed by atoms with Crippen molar-refractivity contribution in [3.05, 3.63) is 130 Å². The Labute approximate surface area is 268 Å². The van der Waals surface area contributed by atoms with Crippen LogP contribution in [0, 0.1) is 6.92 Å². The highest BCUT2D eigenvalue weighted by Crippen LogP contribution is 2.37. The van der Waals surface area contributed by atoms with Gasteiger partial charge in [0.15, 0.2) is 17.6 Å². The van der Waals surface area contributed by atoms with Crippen LogP contribution in [0.25, 0.3) is 0 Å². The molecule has 0 spiro atoms. The first-order valence-electron chi connectivity index (χ1n) is 15.2. The largest absolute Gasteiger partial charge is 0.493 e. The van der Waals surface area contributed by atoms with Gasteiger partial charge in [-0.25, -0.2) is 0 Å². The molecule has 0 aromatic heterocycles. The number of likely N-dealkylation sites (N-methyl/N-ethyl adjacent to an activating group) is 1. The molecule has 9 heteroatoms. The minimum atomic E-state index is -4.29. The number of hydrogen-bond donors (Lipinski definition) is 2. The van der Waals surface area contributed by atoms with E-state index in [2.05, 4.69) is 10.6 Å². The van der Waals surface area contributed by atoms with E-state index in [9.17, 15) is 18.0 Å². The highest BCUT2D eigenvalue weighted by Gasteiger charge is 2.30. The smallest absolute Gasteiger partial charge is 0.416 e. The van der Waals surface area contributed by atoms with Gasteiger partial charge in [0.2, 0.25) is 0 Å². The number of aryl methyl sites for hydroxylation is 2. The number of benzene rings is 4. The predicted octanol–water partition coefficient (Wildman–Crippen LogP) is 7.54. The lowest BCUT2D eigenvalue weighted by atomic mass is 9.90. The molecule has 0 fully saturated rings. The van der Waals surface area contributed by atoms with Gasteiger partial charge >= 0.3 is 6.18 Å². The maximum absolute atomic E-state index is 12.7. The Morgan fingerprint density at radius 3 is 2.15 bits per heavy atom. The Balaban J connectivity index is 0.000000216. The van der Waals surface area contributed by atoms with Gasteiger partial charge < -0.3 is 24.8 Å². The molecule has 2 N–H and O–H groups in total. The van der Waals surface area contributed by atoms with E-state index in [1.165, 1.54) is 16.7 Å². The molecule has 4 aromatic carbocycles. The summed E-state index contributed by atoms with van der Waals surface area (Å²) in [6.45, 7) is 3.31. The van der Waals surface area contributed by atoms with Crippen molar-refractivity contribution in [3.63, 3.8) is 0 Å². The second kappa shape index (κ2) is 16.3. The van der Waals surface area contributed by atoms with Gasteiger partial charge in [-0.05, 0) is 84.8 Å².